The fourth-order valence-corrected chi connectivity index (χ4v) is 4.34. The maximum absolute atomic E-state index is 13.2. The van der Waals surface area contributed by atoms with E-state index in [0.29, 0.717) is 44.9 Å². The van der Waals surface area contributed by atoms with E-state index >= 15 is 0 Å². The molecule has 0 radical (unpaired) electrons. The van der Waals surface area contributed by atoms with Crippen molar-refractivity contribution in [3.63, 3.8) is 0 Å². The molecule has 0 spiro atoms. The summed E-state index contributed by atoms with van der Waals surface area (Å²) in [5.41, 5.74) is 1.65. The predicted molar refractivity (Wildman–Crippen MR) is 145 cm³/mol. The normalized spacial score (nSPS) is 16.1. The molecule has 1 aliphatic rings. The molecule has 1 amide bonds. The second-order valence-electron chi connectivity index (χ2n) is 8.38. The van der Waals surface area contributed by atoms with Gasteiger partial charge in [-0.25, -0.2) is 0 Å². The molecule has 2 heterocycles. The van der Waals surface area contributed by atoms with Crippen molar-refractivity contribution in [2.45, 2.75) is 20.4 Å². The van der Waals surface area contributed by atoms with Crippen LogP contribution in [-0.2, 0) is 11.3 Å². The Morgan fingerprint density at radius 3 is 2.58 bits per heavy atom. The Bertz CT molecular complexity index is 1280. The van der Waals surface area contributed by atoms with Crippen LogP contribution in [0.1, 0.15) is 30.7 Å². The second kappa shape index (κ2) is 12.0. The van der Waals surface area contributed by atoms with Gasteiger partial charge in [0.2, 0.25) is 0 Å². The third-order valence-electron chi connectivity index (χ3n) is 5.06. The fraction of sp³-hybridized carbons (Fsp3) is 0.222. The summed E-state index contributed by atoms with van der Waals surface area (Å²) in [5.74, 6) is 2.17. The number of ether oxygens (including phenoxy) is 2. The summed E-state index contributed by atoms with van der Waals surface area (Å²) >= 11 is 7.24. The van der Waals surface area contributed by atoms with Crippen LogP contribution < -0.4 is 9.47 Å². The highest BCUT2D eigenvalue weighted by molar-refractivity contribution is 8.18. The Kier molecular flexibility index (Phi) is 8.51. The molecule has 1 saturated heterocycles. The van der Waals surface area contributed by atoms with Crippen molar-refractivity contribution >= 4 is 46.7 Å². The zero-order valence-corrected chi connectivity index (χ0v) is 21.8. The van der Waals surface area contributed by atoms with E-state index in [-0.39, 0.29) is 12.5 Å². The summed E-state index contributed by atoms with van der Waals surface area (Å²) < 4.78 is 16.7. The van der Waals surface area contributed by atoms with Crippen molar-refractivity contribution in [3.05, 3.63) is 87.7 Å². The molecule has 36 heavy (non-hydrogen) atoms. The Morgan fingerprint density at radius 1 is 1.11 bits per heavy atom. The van der Waals surface area contributed by atoms with Gasteiger partial charge in [0.05, 0.1) is 37.6 Å². The number of carbonyl (C=O) groups excluding carboxylic acids is 1. The predicted octanol–water partition coefficient (Wildman–Crippen LogP) is 6.48. The van der Waals surface area contributed by atoms with Crippen LogP contribution in [0.3, 0.4) is 0 Å². The first kappa shape index (κ1) is 25.6. The van der Waals surface area contributed by atoms with Crippen molar-refractivity contribution in [1.82, 2.24) is 4.90 Å². The Balaban J connectivity index is 1.56. The van der Waals surface area contributed by atoms with E-state index < -0.39 is 0 Å². The van der Waals surface area contributed by atoms with E-state index in [1.807, 2.05) is 42.5 Å². The number of methoxy groups -OCH3 is 1. The summed E-state index contributed by atoms with van der Waals surface area (Å²) in [5, 5.41) is 9.69. The Hall–Kier alpha value is -3.49. The number of nitrogens with zero attached hydrogens (tertiary/aromatic N) is 3. The third kappa shape index (κ3) is 6.59. The van der Waals surface area contributed by atoms with Gasteiger partial charge in [-0.05, 0) is 77.3 Å². The van der Waals surface area contributed by atoms with E-state index in [4.69, 9.17) is 25.5 Å². The van der Waals surface area contributed by atoms with E-state index in [2.05, 4.69) is 24.1 Å². The molecule has 7 nitrogen and oxygen atoms in total. The molecule has 1 aliphatic heterocycles. The third-order valence-corrected chi connectivity index (χ3v) is 6.31. The van der Waals surface area contributed by atoms with E-state index in [0.717, 1.165) is 11.1 Å². The lowest BCUT2D eigenvalue weighted by Gasteiger charge is -2.13. The minimum absolute atomic E-state index is 0.173. The van der Waals surface area contributed by atoms with Crippen molar-refractivity contribution in [1.29, 1.82) is 0 Å². The molecule has 9 heteroatoms. The monoisotopic (exact) mass is 523 g/mol. The van der Waals surface area contributed by atoms with Crippen LogP contribution in [0.4, 0.5) is 0 Å². The first-order valence-corrected chi connectivity index (χ1v) is 12.5. The van der Waals surface area contributed by atoms with Crippen molar-refractivity contribution < 1.29 is 18.7 Å². The highest BCUT2D eigenvalue weighted by Gasteiger charge is 2.34. The van der Waals surface area contributed by atoms with Gasteiger partial charge in [-0.1, -0.05) is 37.6 Å². The molecule has 0 saturated carbocycles. The topological polar surface area (TPSA) is 76.6 Å². The van der Waals surface area contributed by atoms with Crippen LogP contribution in [0, 0.1) is 5.92 Å². The minimum Gasteiger partial charge on any atom is -0.493 e. The van der Waals surface area contributed by atoms with Crippen LogP contribution in [0.2, 0.25) is 5.02 Å². The van der Waals surface area contributed by atoms with Gasteiger partial charge >= 0.3 is 0 Å². The number of furan rings is 1. The van der Waals surface area contributed by atoms with E-state index in [9.17, 15) is 4.79 Å². The van der Waals surface area contributed by atoms with E-state index in [1.54, 1.807) is 42.7 Å². The zero-order valence-electron chi connectivity index (χ0n) is 20.2. The van der Waals surface area contributed by atoms with Gasteiger partial charge in [0, 0.05) is 5.02 Å². The van der Waals surface area contributed by atoms with Gasteiger partial charge in [-0.2, -0.15) is 5.10 Å². The summed E-state index contributed by atoms with van der Waals surface area (Å²) in [6, 6.07) is 16.4. The fourth-order valence-electron chi connectivity index (χ4n) is 3.28. The van der Waals surface area contributed by atoms with Crippen LogP contribution in [0.25, 0.3) is 6.08 Å². The van der Waals surface area contributed by atoms with E-state index in [1.165, 1.54) is 11.8 Å². The lowest BCUT2D eigenvalue weighted by Crippen LogP contribution is -2.28. The number of thioether (sulfide) groups is 1. The van der Waals surface area contributed by atoms with Crippen molar-refractivity contribution in [3.8, 4) is 11.5 Å². The van der Waals surface area contributed by atoms with Crippen LogP contribution in [0.15, 0.2) is 80.4 Å². The SMILES string of the molecule is COc1cc(/C=N\N=C2\S/C(=C\c3ccc(Cl)cc3)C(=O)N2Cc2ccco2)ccc1OCC(C)C. The van der Waals surface area contributed by atoms with Gasteiger partial charge in [-0.15, -0.1) is 5.10 Å². The van der Waals surface area contributed by atoms with Gasteiger partial charge in [0.1, 0.15) is 5.76 Å². The molecule has 1 fully saturated rings. The number of benzene rings is 2. The summed E-state index contributed by atoms with van der Waals surface area (Å²) in [6.45, 7) is 5.02. The van der Waals surface area contributed by atoms with Gasteiger partial charge in [0.15, 0.2) is 16.7 Å². The molecule has 2 aromatic carbocycles. The number of hydrogen-bond acceptors (Lipinski definition) is 7. The maximum atomic E-state index is 13.2. The van der Waals surface area contributed by atoms with Crippen LogP contribution in [0.5, 0.6) is 11.5 Å². The van der Waals surface area contributed by atoms with Crippen LogP contribution >= 0.6 is 23.4 Å². The molecule has 0 aliphatic carbocycles. The highest BCUT2D eigenvalue weighted by Crippen LogP contribution is 2.34. The molecule has 0 atom stereocenters. The lowest BCUT2D eigenvalue weighted by atomic mass is 10.2. The average Bonchev–Trinajstić information content (AvgIpc) is 3.48. The Morgan fingerprint density at radius 2 is 1.89 bits per heavy atom. The average molecular weight is 524 g/mol. The van der Waals surface area contributed by atoms with Crippen LogP contribution in [-0.4, -0.2) is 35.9 Å². The molecular weight excluding hydrogens is 498 g/mol. The van der Waals surface area contributed by atoms with Gasteiger partial charge in [-0.3, -0.25) is 9.69 Å². The quantitative estimate of drug-likeness (QED) is 0.182. The summed E-state index contributed by atoms with van der Waals surface area (Å²) in [6.07, 6.45) is 4.99. The number of amides is 1. The van der Waals surface area contributed by atoms with Gasteiger partial charge < -0.3 is 13.9 Å². The minimum atomic E-state index is -0.173. The smallest absolute Gasteiger partial charge is 0.267 e. The second-order valence-corrected chi connectivity index (χ2v) is 9.82. The first-order valence-electron chi connectivity index (χ1n) is 11.3. The molecule has 186 valence electrons. The number of rotatable bonds is 9. The molecule has 3 aromatic rings. The molecule has 0 N–H and O–H groups in total. The molecule has 4 rings (SSSR count). The number of amidine groups is 1. The highest BCUT2D eigenvalue weighted by atomic mass is 35.5. The molecular formula is C27H26ClN3O4S. The standard InChI is InChI=1S/C27H26ClN3O4S/c1-18(2)17-35-23-11-8-20(13-24(23)33-3)15-29-30-27-31(16-22-5-4-12-34-22)26(32)25(36-27)14-19-6-9-21(28)10-7-19/h4-15,18H,16-17H2,1-3H3/b25-14-,29-15-,30-27+. The summed E-state index contributed by atoms with van der Waals surface area (Å²) in [4.78, 5) is 15.3. The first-order chi connectivity index (χ1) is 17.4. The number of hydrogen-bond donors (Lipinski definition) is 0. The lowest BCUT2D eigenvalue weighted by molar-refractivity contribution is -0.122. The molecule has 0 unspecified atom stereocenters. The van der Waals surface area contributed by atoms with Crippen molar-refractivity contribution in [2.75, 3.05) is 13.7 Å². The van der Waals surface area contributed by atoms with Crippen molar-refractivity contribution in [2.24, 2.45) is 16.1 Å². The zero-order chi connectivity index (χ0) is 25.5. The maximum Gasteiger partial charge on any atom is 0.267 e. The van der Waals surface area contributed by atoms with Gasteiger partial charge in [0.25, 0.3) is 5.91 Å². The Labute approximate surface area is 219 Å². The number of halogens is 1. The molecule has 0 bridgehead atoms. The largest absolute Gasteiger partial charge is 0.493 e. The summed E-state index contributed by atoms with van der Waals surface area (Å²) in [7, 11) is 1.60. The number of carbonyl (C=O) groups is 1. The molecule has 1 aromatic heterocycles.